The minimum atomic E-state index is -0.0460. The highest BCUT2D eigenvalue weighted by molar-refractivity contribution is 5.92. The fraction of sp³-hybridized carbons (Fsp3) is 0.421. The van der Waals surface area contributed by atoms with Crippen molar-refractivity contribution in [2.75, 3.05) is 13.6 Å². The second-order valence-electron chi connectivity index (χ2n) is 6.92. The zero-order valence-electron chi connectivity index (χ0n) is 15.3. The lowest BCUT2D eigenvalue weighted by atomic mass is 10.1. The maximum absolute atomic E-state index is 12.5. The summed E-state index contributed by atoms with van der Waals surface area (Å²) in [5.74, 6) is 1.47. The van der Waals surface area contributed by atoms with E-state index in [0.717, 1.165) is 35.5 Å². The molecule has 0 fully saturated rings. The number of aryl methyl sites for hydroxylation is 1. The van der Waals surface area contributed by atoms with Crippen molar-refractivity contribution in [2.24, 2.45) is 5.92 Å². The van der Waals surface area contributed by atoms with Gasteiger partial charge in [0.2, 0.25) is 0 Å². The number of imidazole rings is 1. The van der Waals surface area contributed by atoms with Crippen LogP contribution in [0.3, 0.4) is 0 Å². The van der Waals surface area contributed by atoms with Gasteiger partial charge in [0.1, 0.15) is 11.5 Å². The Morgan fingerprint density at radius 3 is 2.84 bits per heavy atom. The summed E-state index contributed by atoms with van der Waals surface area (Å²) in [7, 11) is 1.83. The van der Waals surface area contributed by atoms with Gasteiger partial charge in [-0.2, -0.15) is 5.10 Å². The van der Waals surface area contributed by atoms with Gasteiger partial charge in [-0.15, -0.1) is 0 Å². The Morgan fingerprint density at radius 1 is 1.32 bits per heavy atom. The Kier molecular flexibility index (Phi) is 4.88. The van der Waals surface area contributed by atoms with Crippen LogP contribution >= 0.6 is 0 Å². The highest BCUT2D eigenvalue weighted by atomic mass is 16.2. The Morgan fingerprint density at radius 2 is 2.08 bits per heavy atom. The number of hydrogen-bond donors (Lipinski definition) is 1. The highest BCUT2D eigenvalue weighted by Gasteiger charge is 2.16. The summed E-state index contributed by atoms with van der Waals surface area (Å²) in [5, 5.41) is 7.20. The first-order valence-electron chi connectivity index (χ1n) is 8.67. The number of nitrogens with one attached hydrogen (secondary N) is 1. The van der Waals surface area contributed by atoms with Crippen molar-refractivity contribution in [1.82, 2.24) is 24.6 Å². The number of H-pyrrole nitrogens is 1. The summed E-state index contributed by atoms with van der Waals surface area (Å²) < 4.78 is 2.12. The normalized spacial score (nSPS) is 11.4. The Hall–Kier alpha value is -2.63. The van der Waals surface area contributed by atoms with Crippen LogP contribution in [0.15, 0.2) is 30.3 Å². The van der Waals surface area contributed by atoms with E-state index in [1.165, 1.54) is 0 Å². The third-order valence-electron chi connectivity index (χ3n) is 4.41. The average Bonchev–Trinajstić information content (AvgIpc) is 3.17. The van der Waals surface area contributed by atoms with E-state index in [4.69, 9.17) is 0 Å². The van der Waals surface area contributed by atoms with Gasteiger partial charge < -0.3 is 9.47 Å². The molecule has 3 aromatic rings. The van der Waals surface area contributed by atoms with E-state index in [1.807, 2.05) is 38.2 Å². The Labute approximate surface area is 147 Å². The standard InChI is InChI=1S/C19H25N5O/c1-13(2)9-10-23(4)19(25)17-11-15(21-22-17)12-24-14(3)20-16-7-5-6-8-18(16)24/h5-8,11,13H,9-10,12H2,1-4H3,(H,21,22). The number of amides is 1. The predicted octanol–water partition coefficient (Wildman–Crippen LogP) is 3.23. The summed E-state index contributed by atoms with van der Waals surface area (Å²) in [5.41, 5.74) is 3.41. The van der Waals surface area contributed by atoms with E-state index in [1.54, 1.807) is 4.90 Å². The van der Waals surface area contributed by atoms with Crippen LogP contribution in [0.5, 0.6) is 0 Å². The van der Waals surface area contributed by atoms with Crippen LogP contribution in [0, 0.1) is 12.8 Å². The average molecular weight is 339 g/mol. The highest BCUT2D eigenvalue weighted by Crippen LogP contribution is 2.17. The fourth-order valence-corrected chi connectivity index (χ4v) is 2.87. The zero-order valence-corrected chi connectivity index (χ0v) is 15.3. The molecule has 25 heavy (non-hydrogen) atoms. The lowest BCUT2D eigenvalue weighted by molar-refractivity contribution is 0.0783. The number of hydrogen-bond acceptors (Lipinski definition) is 3. The zero-order chi connectivity index (χ0) is 18.0. The van der Waals surface area contributed by atoms with Gasteiger partial charge in [0.05, 0.1) is 23.3 Å². The van der Waals surface area contributed by atoms with Crippen LogP contribution in [-0.4, -0.2) is 44.1 Å². The molecule has 0 saturated carbocycles. The minimum Gasteiger partial charge on any atom is -0.340 e. The molecule has 132 valence electrons. The lowest BCUT2D eigenvalue weighted by Gasteiger charge is -2.16. The number of fused-ring (bicyclic) bond motifs is 1. The third-order valence-corrected chi connectivity index (χ3v) is 4.41. The predicted molar refractivity (Wildman–Crippen MR) is 98.6 cm³/mol. The van der Waals surface area contributed by atoms with Crippen LogP contribution in [-0.2, 0) is 6.54 Å². The summed E-state index contributed by atoms with van der Waals surface area (Å²) in [4.78, 5) is 18.8. The van der Waals surface area contributed by atoms with Gasteiger partial charge in [-0.3, -0.25) is 9.89 Å². The molecule has 1 amide bonds. The molecule has 0 saturated heterocycles. The number of carbonyl (C=O) groups is 1. The molecular weight excluding hydrogens is 314 g/mol. The van der Waals surface area contributed by atoms with Crippen LogP contribution in [0.25, 0.3) is 11.0 Å². The van der Waals surface area contributed by atoms with E-state index in [9.17, 15) is 4.79 Å². The molecule has 0 bridgehead atoms. The molecule has 0 aliphatic carbocycles. The molecule has 0 atom stereocenters. The molecule has 3 rings (SSSR count). The first-order valence-corrected chi connectivity index (χ1v) is 8.67. The monoisotopic (exact) mass is 339 g/mol. The van der Waals surface area contributed by atoms with Gasteiger partial charge in [-0.25, -0.2) is 4.98 Å². The largest absolute Gasteiger partial charge is 0.340 e. The van der Waals surface area contributed by atoms with Crippen LogP contribution in [0.2, 0.25) is 0 Å². The second-order valence-corrected chi connectivity index (χ2v) is 6.92. The molecule has 6 heteroatoms. The number of aromatic amines is 1. The number of benzene rings is 1. The third kappa shape index (κ3) is 3.73. The molecule has 6 nitrogen and oxygen atoms in total. The molecular formula is C19H25N5O. The number of aromatic nitrogens is 4. The molecule has 0 spiro atoms. The maximum Gasteiger partial charge on any atom is 0.274 e. The number of carbonyl (C=O) groups excluding carboxylic acids is 1. The summed E-state index contributed by atoms with van der Waals surface area (Å²) >= 11 is 0. The van der Waals surface area contributed by atoms with Gasteiger partial charge in [0.25, 0.3) is 5.91 Å². The second kappa shape index (κ2) is 7.09. The van der Waals surface area contributed by atoms with Gasteiger partial charge in [-0.1, -0.05) is 26.0 Å². The van der Waals surface area contributed by atoms with E-state index >= 15 is 0 Å². The molecule has 1 aromatic carbocycles. The topological polar surface area (TPSA) is 66.8 Å². The molecule has 0 aliphatic rings. The smallest absolute Gasteiger partial charge is 0.274 e. The first-order chi connectivity index (χ1) is 12.0. The van der Waals surface area contributed by atoms with E-state index < -0.39 is 0 Å². The Balaban J connectivity index is 1.75. The first kappa shape index (κ1) is 17.2. The van der Waals surface area contributed by atoms with E-state index in [-0.39, 0.29) is 5.91 Å². The van der Waals surface area contributed by atoms with Crippen molar-refractivity contribution < 1.29 is 4.79 Å². The molecule has 0 radical (unpaired) electrons. The van der Waals surface area contributed by atoms with Gasteiger partial charge in [0.15, 0.2) is 0 Å². The van der Waals surface area contributed by atoms with Gasteiger partial charge in [-0.05, 0) is 37.5 Å². The number of rotatable bonds is 6. The van der Waals surface area contributed by atoms with Crippen molar-refractivity contribution in [1.29, 1.82) is 0 Å². The van der Waals surface area contributed by atoms with Crippen LogP contribution in [0.1, 0.15) is 42.3 Å². The van der Waals surface area contributed by atoms with E-state index in [0.29, 0.717) is 18.2 Å². The SMILES string of the molecule is Cc1nc2ccccc2n1Cc1cc(C(=O)N(C)CCC(C)C)n[nH]1. The summed E-state index contributed by atoms with van der Waals surface area (Å²) in [6, 6.07) is 9.88. The van der Waals surface area contributed by atoms with Crippen molar-refractivity contribution in [2.45, 2.75) is 33.7 Å². The van der Waals surface area contributed by atoms with Gasteiger partial charge in [0, 0.05) is 13.6 Å². The molecule has 2 aromatic heterocycles. The van der Waals surface area contributed by atoms with Gasteiger partial charge >= 0.3 is 0 Å². The molecule has 1 N–H and O–H groups in total. The van der Waals surface area contributed by atoms with Crippen molar-refractivity contribution in [3.63, 3.8) is 0 Å². The van der Waals surface area contributed by atoms with Crippen molar-refractivity contribution >= 4 is 16.9 Å². The quantitative estimate of drug-likeness (QED) is 0.750. The molecule has 0 unspecified atom stereocenters. The lowest BCUT2D eigenvalue weighted by Crippen LogP contribution is -2.28. The number of para-hydroxylation sites is 2. The summed E-state index contributed by atoms with van der Waals surface area (Å²) in [6.45, 7) is 7.65. The minimum absolute atomic E-state index is 0.0460. The molecule has 2 heterocycles. The number of nitrogens with zero attached hydrogens (tertiary/aromatic N) is 4. The van der Waals surface area contributed by atoms with Crippen LogP contribution in [0.4, 0.5) is 0 Å². The van der Waals surface area contributed by atoms with Crippen molar-refractivity contribution in [3.8, 4) is 0 Å². The van der Waals surface area contributed by atoms with Crippen LogP contribution < -0.4 is 0 Å². The molecule has 0 aliphatic heterocycles. The van der Waals surface area contributed by atoms with Crippen molar-refractivity contribution in [3.05, 3.63) is 47.5 Å². The fourth-order valence-electron chi connectivity index (χ4n) is 2.87. The maximum atomic E-state index is 12.5. The summed E-state index contributed by atoms with van der Waals surface area (Å²) in [6.07, 6.45) is 0.986. The Bertz CT molecular complexity index is 877. The van der Waals surface area contributed by atoms with E-state index in [2.05, 4.69) is 39.7 Å².